The highest BCUT2D eigenvalue weighted by atomic mass is 32.2. The first-order valence-corrected chi connectivity index (χ1v) is 12.7. The zero-order valence-corrected chi connectivity index (χ0v) is 19.5. The topological polar surface area (TPSA) is 67.4 Å². The summed E-state index contributed by atoms with van der Waals surface area (Å²) in [6, 6.07) is 5.79. The Labute approximate surface area is 186 Å². The lowest BCUT2D eigenvalue weighted by atomic mass is 10.0. The lowest BCUT2D eigenvalue weighted by Gasteiger charge is -2.03. The molecule has 0 atom stereocenters. The molecule has 0 unspecified atom stereocenters. The van der Waals surface area contributed by atoms with Crippen LogP contribution in [0.5, 0.6) is 0 Å². The molecule has 30 heavy (non-hydrogen) atoms. The summed E-state index contributed by atoms with van der Waals surface area (Å²) in [5.41, 5.74) is 1.94. The monoisotopic (exact) mass is 436 g/mol. The Bertz CT molecular complexity index is 678. The van der Waals surface area contributed by atoms with Crippen LogP contribution in [-0.2, 0) is 15.8 Å². The fourth-order valence-electron chi connectivity index (χ4n) is 3.93. The summed E-state index contributed by atoms with van der Waals surface area (Å²) in [4.78, 5) is 8.88. The highest BCUT2D eigenvalue weighted by molar-refractivity contribution is 7.94. The summed E-state index contributed by atoms with van der Waals surface area (Å²) in [5, 5.41) is 11.9. The van der Waals surface area contributed by atoms with E-state index in [-0.39, 0.29) is 0 Å². The molecule has 170 valence electrons. The smallest absolute Gasteiger partial charge is 0.107 e. The number of nitrogens with one attached hydrogen (secondary N) is 1. The third-order valence-corrected chi connectivity index (χ3v) is 6.26. The number of aromatic nitrogens is 2. The Morgan fingerprint density at radius 2 is 1.40 bits per heavy atom. The summed E-state index contributed by atoms with van der Waals surface area (Å²) in [6.07, 6.45) is 21.7. The Kier molecular flexibility index (Phi) is 13.9. The van der Waals surface area contributed by atoms with Crippen LogP contribution < -0.4 is 0 Å². The van der Waals surface area contributed by atoms with Crippen molar-refractivity contribution in [2.75, 3.05) is 0 Å². The van der Waals surface area contributed by atoms with Crippen molar-refractivity contribution in [3.05, 3.63) is 24.0 Å². The fourth-order valence-corrected chi connectivity index (χ4v) is 4.33. The summed E-state index contributed by atoms with van der Waals surface area (Å²) in [7, 11) is 0. The maximum Gasteiger partial charge on any atom is 0.107 e. The summed E-state index contributed by atoms with van der Waals surface area (Å²) < 4.78 is 4.47. The average Bonchev–Trinajstić information content (AvgIpc) is 3.17. The number of hydrogen-bond donors (Lipinski definition) is 2. The van der Waals surface area contributed by atoms with Gasteiger partial charge in [0.15, 0.2) is 0 Å². The lowest BCUT2D eigenvalue weighted by Crippen LogP contribution is -1.89. The molecule has 1 heterocycles. The molecule has 0 spiro atoms. The molecule has 5 nitrogen and oxygen atoms in total. The van der Waals surface area contributed by atoms with Crippen molar-refractivity contribution in [3.63, 3.8) is 0 Å². The highest BCUT2D eigenvalue weighted by Gasteiger charge is 2.05. The van der Waals surface area contributed by atoms with E-state index in [1.54, 1.807) is 0 Å². The van der Waals surface area contributed by atoms with Crippen molar-refractivity contribution in [2.24, 2.45) is 0 Å². The Morgan fingerprint density at radius 3 is 1.97 bits per heavy atom. The Morgan fingerprint density at radius 1 is 0.833 bits per heavy atom. The second kappa shape index (κ2) is 16.6. The van der Waals surface area contributed by atoms with Crippen LogP contribution in [0.2, 0.25) is 0 Å². The summed E-state index contributed by atoms with van der Waals surface area (Å²) >= 11 is 0.964. The minimum Gasteiger partial charge on any atom is -0.342 e. The highest BCUT2D eigenvalue weighted by Crippen LogP contribution is 2.23. The van der Waals surface area contributed by atoms with Crippen molar-refractivity contribution in [2.45, 2.75) is 115 Å². The molecule has 2 rings (SSSR count). The average molecular weight is 437 g/mol. The zero-order chi connectivity index (χ0) is 21.3. The predicted molar refractivity (Wildman–Crippen MR) is 125 cm³/mol. The Hall–Kier alpha value is -1.08. The zero-order valence-electron chi connectivity index (χ0n) is 18.7. The number of hydrogen-bond acceptors (Lipinski definition) is 5. The van der Waals surface area contributed by atoms with E-state index in [1.165, 1.54) is 96.3 Å². The number of fused-ring (bicyclic) bond motifs is 1. The van der Waals surface area contributed by atoms with Gasteiger partial charge in [-0.2, -0.15) is 0 Å². The molecule has 6 heteroatoms. The SMILES string of the molecule is CCCCCCCCCCCCCCCCCc1nc2ccc(SOOO)cc2[nH]1. The number of rotatable bonds is 19. The normalized spacial score (nSPS) is 11.5. The largest absolute Gasteiger partial charge is 0.342 e. The van der Waals surface area contributed by atoms with Gasteiger partial charge in [0, 0.05) is 11.3 Å². The number of imidazole rings is 1. The van der Waals surface area contributed by atoms with Gasteiger partial charge in [-0.15, -0.1) is 4.33 Å². The van der Waals surface area contributed by atoms with Gasteiger partial charge in [-0.25, -0.2) is 10.2 Å². The molecule has 0 aliphatic heterocycles. The fraction of sp³-hybridized carbons (Fsp3) is 0.708. The van der Waals surface area contributed by atoms with E-state index in [2.05, 4.69) is 26.3 Å². The molecule has 0 aliphatic carbocycles. The molecule has 0 saturated heterocycles. The number of unbranched alkanes of at least 4 members (excludes halogenated alkanes) is 14. The number of nitrogens with zero attached hydrogens (tertiary/aromatic N) is 1. The first kappa shape index (κ1) is 25.2. The second-order valence-electron chi connectivity index (χ2n) is 8.29. The first-order valence-electron chi connectivity index (χ1n) is 12.0. The van der Waals surface area contributed by atoms with Gasteiger partial charge < -0.3 is 4.98 Å². The molecule has 0 fully saturated rings. The van der Waals surface area contributed by atoms with E-state index < -0.39 is 0 Å². The molecule has 0 bridgehead atoms. The number of benzene rings is 1. The van der Waals surface area contributed by atoms with Crippen LogP contribution in [-0.4, -0.2) is 15.2 Å². The molecule has 0 radical (unpaired) electrons. The van der Waals surface area contributed by atoms with E-state index in [0.717, 1.165) is 40.2 Å². The van der Waals surface area contributed by atoms with Crippen molar-refractivity contribution in [1.82, 2.24) is 9.97 Å². The molecule has 0 saturated carbocycles. The van der Waals surface area contributed by atoms with Gasteiger partial charge in [0.05, 0.1) is 23.1 Å². The standard InChI is InChI=1S/C24H40N2O3S/c1-2-3-4-5-6-7-8-9-10-11-12-13-14-15-16-17-24-25-22-19-18-21(30-29-28-27)20-23(22)26-24/h18-20,27H,2-17H2,1H3,(H,25,26). The van der Waals surface area contributed by atoms with Gasteiger partial charge in [0.25, 0.3) is 0 Å². The summed E-state index contributed by atoms with van der Waals surface area (Å²) in [6.45, 7) is 2.28. The van der Waals surface area contributed by atoms with Crippen molar-refractivity contribution in [3.8, 4) is 0 Å². The third-order valence-electron chi connectivity index (χ3n) is 5.68. The van der Waals surface area contributed by atoms with Gasteiger partial charge in [-0.05, 0) is 24.6 Å². The van der Waals surface area contributed by atoms with Crippen LogP contribution in [0.4, 0.5) is 0 Å². The van der Waals surface area contributed by atoms with E-state index in [0.29, 0.717) is 0 Å². The number of H-pyrrole nitrogens is 1. The van der Waals surface area contributed by atoms with Gasteiger partial charge in [-0.3, -0.25) is 0 Å². The minimum absolute atomic E-state index is 0.846. The molecule has 0 aliphatic rings. The van der Waals surface area contributed by atoms with Crippen LogP contribution >= 0.6 is 12.0 Å². The number of aryl methyl sites for hydroxylation is 1. The van der Waals surface area contributed by atoms with E-state index in [4.69, 9.17) is 5.26 Å². The maximum atomic E-state index is 8.24. The molecular formula is C24H40N2O3S. The van der Waals surface area contributed by atoms with E-state index in [1.807, 2.05) is 18.2 Å². The van der Waals surface area contributed by atoms with Crippen LogP contribution in [0.15, 0.2) is 23.1 Å². The molecule has 2 N–H and O–H groups in total. The predicted octanol–water partition coefficient (Wildman–Crippen LogP) is 8.41. The lowest BCUT2D eigenvalue weighted by molar-refractivity contribution is -0.432. The first-order chi connectivity index (χ1) is 14.8. The van der Waals surface area contributed by atoms with Gasteiger partial charge >= 0.3 is 0 Å². The molecular weight excluding hydrogens is 396 g/mol. The van der Waals surface area contributed by atoms with Crippen molar-refractivity contribution < 1.29 is 14.6 Å². The Balaban J connectivity index is 1.43. The maximum absolute atomic E-state index is 8.24. The molecule has 1 aromatic heterocycles. The van der Waals surface area contributed by atoms with Crippen molar-refractivity contribution in [1.29, 1.82) is 0 Å². The quantitative estimate of drug-likeness (QED) is 0.100. The second-order valence-corrected chi connectivity index (χ2v) is 9.06. The van der Waals surface area contributed by atoms with Gasteiger partial charge in [-0.1, -0.05) is 102 Å². The summed E-state index contributed by atoms with van der Waals surface area (Å²) in [5.74, 6) is 1.04. The minimum atomic E-state index is 0.846. The van der Waals surface area contributed by atoms with Gasteiger partial charge in [0.1, 0.15) is 5.82 Å². The van der Waals surface area contributed by atoms with Crippen molar-refractivity contribution >= 4 is 23.1 Å². The van der Waals surface area contributed by atoms with E-state index >= 15 is 0 Å². The van der Waals surface area contributed by atoms with E-state index in [9.17, 15) is 0 Å². The van der Waals surface area contributed by atoms with Crippen LogP contribution in [0.1, 0.15) is 109 Å². The third kappa shape index (κ3) is 10.8. The molecule has 0 amide bonds. The van der Waals surface area contributed by atoms with Crippen LogP contribution in [0, 0.1) is 0 Å². The molecule has 2 aromatic rings. The van der Waals surface area contributed by atoms with Crippen LogP contribution in [0.25, 0.3) is 11.0 Å². The van der Waals surface area contributed by atoms with Gasteiger partial charge in [0.2, 0.25) is 0 Å². The number of aromatic amines is 1. The molecule has 1 aromatic carbocycles. The van der Waals surface area contributed by atoms with Crippen LogP contribution in [0.3, 0.4) is 0 Å².